The van der Waals surface area contributed by atoms with Crippen LogP contribution in [0.15, 0.2) is 72.1 Å². The Morgan fingerprint density at radius 3 is 2.56 bits per heavy atom. The van der Waals surface area contributed by atoms with Crippen molar-refractivity contribution in [2.75, 3.05) is 19.6 Å². The number of rotatable bonds is 6. The third-order valence-corrected chi connectivity index (χ3v) is 7.00. The van der Waals surface area contributed by atoms with Crippen LogP contribution in [-0.2, 0) is 16.0 Å². The highest BCUT2D eigenvalue weighted by molar-refractivity contribution is 7.10. The van der Waals surface area contributed by atoms with Gasteiger partial charge in [-0.2, -0.15) is 0 Å². The van der Waals surface area contributed by atoms with Gasteiger partial charge in [-0.15, -0.1) is 11.3 Å². The molecule has 1 atom stereocenters. The van der Waals surface area contributed by atoms with Crippen LogP contribution in [-0.4, -0.2) is 41.2 Å². The number of thiophene rings is 1. The zero-order valence-corrected chi connectivity index (χ0v) is 19.3. The van der Waals surface area contributed by atoms with Crippen LogP contribution in [0, 0.1) is 6.92 Å². The first kappa shape index (κ1) is 22.0. The van der Waals surface area contributed by atoms with Gasteiger partial charge in [-0.1, -0.05) is 54.6 Å². The molecule has 1 aliphatic rings. The largest absolute Gasteiger partial charge is 0.330 e. The summed E-state index contributed by atoms with van der Waals surface area (Å²) in [7, 11) is 0. The van der Waals surface area contributed by atoms with Crippen molar-refractivity contribution < 1.29 is 9.59 Å². The molecule has 3 aromatic rings. The monoisotopic (exact) mass is 444 g/mol. The van der Waals surface area contributed by atoms with Crippen molar-refractivity contribution in [1.82, 2.24) is 9.80 Å². The maximum absolute atomic E-state index is 13.5. The molecule has 0 saturated carbocycles. The molecular weight excluding hydrogens is 416 g/mol. The van der Waals surface area contributed by atoms with E-state index < -0.39 is 0 Å². The second-order valence-corrected chi connectivity index (χ2v) is 8.99. The van der Waals surface area contributed by atoms with E-state index in [0.717, 1.165) is 17.5 Å². The predicted molar refractivity (Wildman–Crippen MR) is 130 cm³/mol. The summed E-state index contributed by atoms with van der Waals surface area (Å²) in [6.07, 6.45) is 4.21. The van der Waals surface area contributed by atoms with Gasteiger partial charge < -0.3 is 9.80 Å². The molecule has 4 rings (SSSR count). The van der Waals surface area contributed by atoms with Gasteiger partial charge >= 0.3 is 0 Å². The van der Waals surface area contributed by atoms with Crippen molar-refractivity contribution in [3.05, 3.63) is 99.3 Å². The lowest BCUT2D eigenvalue weighted by Gasteiger charge is -2.38. The number of fused-ring (bicyclic) bond motifs is 1. The van der Waals surface area contributed by atoms with E-state index in [1.54, 1.807) is 28.4 Å². The van der Waals surface area contributed by atoms with Crippen molar-refractivity contribution >= 4 is 29.2 Å². The van der Waals surface area contributed by atoms with E-state index in [0.29, 0.717) is 13.1 Å². The molecule has 0 saturated heterocycles. The first-order valence-electron chi connectivity index (χ1n) is 11.0. The van der Waals surface area contributed by atoms with Crippen LogP contribution in [0.3, 0.4) is 0 Å². The summed E-state index contributed by atoms with van der Waals surface area (Å²) >= 11 is 1.76. The highest BCUT2D eigenvalue weighted by atomic mass is 32.1. The summed E-state index contributed by atoms with van der Waals surface area (Å²) in [5.74, 6) is -0.163. The Labute approximate surface area is 193 Å². The molecule has 164 valence electrons. The molecule has 1 aromatic heterocycles. The highest BCUT2D eigenvalue weighted by Crippen LogP contribution is 2.38. The van der Waals surface area contributed by atoms with Crippen LogP contribution in [0.25, 0.3) is 6.08 Å². The first-order valence-corrected chi connectivity index (χ1v) is 11.9. The van der Waals surface area contributed by atoms with Gasteiger partial charge in [0.2, 0.25) is 11.8 Å². The summed E-state index contributed by atoms with van der Waals surface area (Å²) in [6.45, 7) is 5.23. The normalized spacial score (nSPS) is 15.6. The van der Waals surface area contributed by atoms with Gasteiger partial charge in [-0.05, 0) is 60.0 Å². The Hall–Kier alpha value is -3.18. The quantitative estimate of drug-likeness (QED) is 0.497. The lowest BCUT2D eigenvalue weighted by Crippen LogP contribution is -2.46. The average molecular weight is 445 g/mol. The van der Waals surface area contributed by atoms with E-state index in [2.05, 4.69) is 30.5 Å². The number of hydrogen-bond donors (Lipinski definition) is 0. The molecule has 2 amide bonds. The standard InChI is InChI=1S/C27H28N2O2S/c1-3-28(25(30)14-13-21-10-5-4-6-11-21)19-26(31)29-17-15-24-23(16-18-32-24)27(29)22-12-8-7-9-20(22)2/h4-14,16,18,27H,3,15,17,19H2,1-2H3. The van der Waals surface area contributed by atoms with E-state index in [9.17, 15) is 9.59 Å². The zero-order valence-electron chi connectivity index (χ0n) is 18.5. The van der Waals surface area contributed by atoms with Gasteiger partial charge in [0.05, 0.1) is 6.04 Å². The number of hydrogen-bond acceptors (Lipinski definition) is 3. The third kappa shape index (κ3) is 4.68. The van der Waals surface area contributed by atoms with E-state index in [-0.39, 0.29) is 24.4 Å². The summed E-state index contributed by atoms with van der Waals surface area (Å²) in [5.41, 5.74) is 4.49. The lowest BCUT2D eigenvalue weighted by atomic mass is 9.90. The van der Waals surface area contributed by atoms with E-state index in [1.165, 1.54) is 16.0 Å². The van der Waals surface area contributed by atoms with Gasteiger partial charge in [0.1, 0.15) is 6.54 Å². The minimum absolute atomic E-state index is 0.0154. The Kier molecular flexibility index (Phi) is 6.86. The number of benzene rings is 2. The minimum Gasteiger partial charge on any atom is -0.330 e. The van der Waals surface area contributed by atoms with Gasteiger partial charge in [0.15, 0.2) is 0 Å². The molecule has 0 aliphatic carbocycles. The van der Waals surface area contributed by atoms with Crippen molar-refractivity contribution in [3.8, 4) is 0 Å². The van der Waals surface area contributed by atoms with Crippen molar-refractivity contribution in [1.29, 1.82) is 0 Å². The Morgan fingerprint density at radius 2 is 1.81 bits per heavy atom. The number of nitrogens with zero attached hydrogens (tertiary/aromatic N) is 2. The second-order valence-electron chi connectivity index (χ2n) is 7.99. The molecule has 2 aromatic carbocycles. The van der Waals surface area contributed by atoms with Crippen LogP contribution in [0.5, 0.6) is 0 Å². The smallest absolute Gasteiger partial charge is 0.247 e. The highest BCUT2D eigenvalue weighted by Gasteiger charge is 2.34. The number of carbonyl (C=O) groups is 2. The minimum atomic E-state index is -0.148. The summed E-state index contributed by atoms with van der Waals surface area (Å²) in [4.78, 5) is 31.2. The fraction of sp³-hybridized carbons (Fsp3) is 0.259. The molecule has 0 N–H and O–H groups in total. The molecule has 0 bridgehead atoms. The molecule has 0 radical (unpaired) electrons. The van der Waals surface area contributed by atoms with Gasteiger partial charge in [-0.3, -0.25) is 9.59 Å². The molecule has 5 heteroatoms. The van der Waals surface area contributed by atoms with E-state index >= 15 is 0 Å². The molecule has 1 unspecified atom stereocenters. The lowest BCUT2D eigenvalue weighted by molar-refractivity contribution is -0.139. The van der Waals surface area contributed by atoms with E-state index in [4.69, 9.17) is 0 Å². The average Bonchev–Trinajstić information content (AvgIpc) is 3.30. The molecular formula is C27H28N2O2S. The summed E-state index contributed by atoms with van der Waals surface area (Å²) < 4.78 is 0. The maximum Gasteiger partial charge on any atom is 0.247 e. The van der Waals surface area contributed by atoms with Crippen molar-refractivity contribution in [3.63, 3.8) is 0 Å². The molecule has 32 heavy (non-hydrogen) atoms. The molecule has 4 nitrogen and oxygen atoms in total. The van der Waals surface area contributed by atoms with E-state index in [1.807, 2.05) is 54.3 Å². The van der Waals surface area contributed by atoms with Gasteiger partial charge in [-0.25, -0.2) is 0 Å². The van der Waals surface area contributed by atoms with Crippen LogP contribution in [0.2, 0.25) is 0 Å². The second kappa shape index (κ2) is 9.96. The zero-order chi connectivity index (χ0) is 22.5. The van der Waals surface area contributed by atoms with Crippen molar-refractivity contribution in [2.45, 2.75) is 26.3 Å². The number of amides is 2. The molecule has 0 spiro atoms. The fourth-order valence-corrected chi connectivity index (χ4v) is 5.15. The molecule has 2 heterocycles. The summed E-state index contributed by atoms with van der Waals surface area (Å²) in [6, 6.07) is 20.0. The number of carbonyl (C=O) groups excluding carboxylic acids is 2. The molecule has 0 fully saturated rings. The number of likely N-dealkylation sites (N-methyl/N-ethyl adjacent to an activating group) is 1. The third-order valence-electron chi connectivity index (χ3n) is 6.01. The number of aryl methyl sites for hydroxylation is 1. The van der Waals surface area contributed by atoms with Crippen LogP contribution in [0.4, 0.5) is 0 Å². The van der Waals surface area contributed by atoms with Crippen LogP contribution < -0.4 is 0 Å². The van der Waals surface area contributed by atoms with Crippen LogP contribution in [0.1, 0.15) is 40.1 Å². The first-order chi connectivity index (χ1) is 15.6. The topological polar surface area (TPSA) is 40.6 Å². The SMILES string of the molecule is CCN(CC(=O)N1CCc2sccc2C1c1ccccc1C)C(=O)C=Cc1ccccc1. The Morgan fingerprint density at radius 1 is 1.06 bits per heavy atom. The van der Waals surface area contributed by atoms with Crippen LogP contribution >= 0.6 is 11.3 Å². The fourth-order valence-electron chi connectivity index (χ4n) is 4.25. The van der Waals surface area contributed by atoms with Crippen molar-refractivity contribution in [2.24, 2.45) is 0 Å². The summed E-state index contributed by atoms with van der Waals surface area (Å²) in [5, 5.41) is 2.11. The Bertz CT molecular complexity index is 1120. The Balaban J connectivity index is 1.55. The van der Waals surface area contributed by atoms with Gasteiger partial charge in [0.25, 0.3) is 0 Å². The molecule has 1 aliphatic heterocycles. The van der Waals surface area contributed by atoms with Gasteiger partial charge in [0, 0.05) is 24.0 Å². The maximum atomic E-state index is 13.5. The predicted octanol–water partition coefficient (Wildman–Crippen LogP) is 5.09.